The molecule has 1 aliphatic heterocycles. The van der Waals surface area contributed by atoms with E-state index in [-0.39, 0.29) is 22.8 Å². The Balaban J connectivity index is 1.62. The Bertz CT molecular complexity index is 1160. The first-order valence-electron chi connectivity index (χ1n) is 9.53. The summed E-state index contributed by atoms with van der Waals surface area (Å²) in [5.74, 6) is -0.580. The van der Waals surface area contributed by atoms with Gasteiger partial charge in [-0.3, -0.25) is 14.5 Å². The van der Waals surface area contributed by atoms with Crippen molar-refractivity contribution >= 4 is 5.91 Å². The van der Waals surface area contributed by atoms with E-state index in [9.17, 15) is 19.8 Å². The van der Waals surface area contributed by atoms with E-state index in [0.29, 0.717) is 12.8 Å². The van der Waals surface area contributed by atoms with Crippen molar-refractivity contribution in [1.82, 2.24) is 9.88 Å². The molecular formula is C21H21N3O4. The highest BCUT2D eigenvalue weighted by Crippen LogP contribution is 2.72. The van der Waals surface area contributed by atoms with Gasteiger partial charge in [0.15, 0.2) is 0 Å². The van der Waals surface area contributed by atoms with Crippen molar-refractivity contribution in [3.05, 3.63) is 62.6 Å². The molecule has 2 fully saturated rings. The Morgan fingerprint density at radius 1 is 1.29 bits per heavy atom. The summed E-state index contributed by atoms with van der Waals surface area (Å²) in [6.07, 6.45) is 1.60. The Kier molecular flexibility index (Phi) is 2.62. The molecule has 7 nitrogen and oxygen atoms in total. The highest BCUT2D eigenvalue weighted by Gasteiger charge is 2.80. The standard InChI is InChI=1S/C21H21N3O4/c1-24-9-19-8-20(14-5-11(25)2-3-13(14)19)7-15-10(6-21(20,28)18(19)24)4-12(16(22)26)17(27)23-15/h2-5,18,25,28H,6-9H2,1H3,(H2,22,26)(H,23,27)/t18-,19?,20+,21-/m1/s1. The number of rotatable bonds is 1. The van der Waals surface area contributed by atoms with Gasteiger partial charge in [-0.15, -0.1) is 0 Å². The van der Waals surface area contributed by atoms with Crippen LogP contribution in [0.25, 0.3) is 0 Å². The van der Waals surface area contributed by atoms with Gasteiger partial charge in [0.2, 0.25) is 0 Å². The Labute approximate surface area is 160 Å². The fourth-order valence-electron chi connectivity index (χ4n) is 7.16. The second-order valence-corrected chi connectivity index (χ2v) is 9.12. The highest BCUT2D eigenvalue weighted by atomic mass is 16.3. The third-order valence-electron chi connectivity index (χ3n) is 7.87. The van der Waals surface area contributed by atoms with Crippen molar-refractivity contribution < 1.29 is 15.0 Å². The molecule has 2 aromatic rings. The number of aliphatic hydroxyl groups is 1. The molecule has 2 spiro atoms. The summed E-state index contributed by atoms with van der Waals surface area (Å²) in [6.45, 7) is 0.860. The molecule has 1 unspecified atom stereocenters. The third kappa shape index (κ3) is 1.50. The number of likely N-dealkylation sites (N-methyl/N-ethyl adjacent to an activating group) is 1. The predicted molar refractivity (Wildman–Crippen MR) is 100 cm³/mol. The molecule has 2 heterocycles. The third-order valence-corrected chi connectivity index (χ3v) is 7.87. The number of nitrogens with one attached hydrogen (secondary N) is 1. The number of phenolic OH excluding ortho intramolecular Hbond substituents is 1. The van der Waals surface area contributed by atoms with Gasteiger partial charge in [-0.25, -0.2) is 0 Å². The molecule has 6 rings (SSSR count). The summed E-state index contributed by atoms with van der Waals surface area (Å²) in [6, 6.07) is 7.01. The lowest BCUT2D eigenvalue weighted by Gasteiger charge is -2.61. The minimum atomic E-state index is -1.04. The summed E-state index contributed by atoms with van der Waals surface area (Å²) >= 11 is 0. The molecule has 1 aromatic heterocycles. The number of pyridine rings is 1. The number of aromatic nitrogens is 1. The van der Waals surface area contributed by atoms with Crippen LogP contribution >= 0.6 is 0 Å². The SMILES string of the molecule is CN1CC23C[C@@]4(Cc5[nH]c(=O)c(C(N)=O)cc5C[C@@]4(O)[C@H]12)c1cc(O)ccc13. The van der Waals surface area contributed by atoms with Crippen LogP contribution in [0, 0.1) is 0 Å². The number of carbonyl (C=O) groups is 1. The summed E-state index contributed by atoms with van der Waals surface area (Å²) in [4.78, 5) is 29.0. The van der Waals surface area contributed by atoms with Crippen molar-refractivity contribution in [2.75, 3.05) is 13.6 Å². The Morgan fingerprint density at radius 2 is 2.07 bits per heavy atom. The maximum Gasteiger partial charge on any atom is 0.261 e. The van der Waals surface area contributed by atoms with E-state index in [1.54, 1.807) is 18.2 Å². The molecule has 1 aromatic carbocycles. The highest BCUT2D eigenvalue weighted by molar-refractivity contribution is 5.92. The molecular weight excluding hydrogens is 358 g/mol. The lowest BCUT2D eigenvalue weighted by Crippen LogP contribution is -2.74. The van der Waals surface area contributed by atoms with Crippen LogP contribution in [0.2, 0.25) is 0 Å². The quantitative estimate of drug-likeness (QED) is 0.552. The average molecular weight is 379 g/mol. The molecule has 3 aliphatic carbocycles. The number of amides is 1. The van der Waals surface area contributed by atoms with Crippen LogP contribution in [0.5, 0.6) is 5.75 Å². The maximum atomic E-state index is 12.3. The molecule has 4 aliphatic rings. The second kappa shape index (κ2) is 4.50. The van der Waals surface area contributed by atoms with E-state index in [2.05, 4.69) is 9.88 Å². The van der Waals surface area contributed by atoms with Crippen LogP contribution in [0.3, 0.4) is 0 Å². The number of H-pyrrole nitrogens is 1. The zero-order chi connectivity index (χ0) is 19.6. The van der Waals surface area contributed by atoms with Crippen molar-refractivity contribution in [3.8, 4) is 5.75 Å². The molecule has 4 atom stereocenters. The molecule has 28 heavy (non-hydrogen) atoms. The Morgan fingerprint density at radius 3 is 2.79 bits per heavy atom. The van der Waals surface area contributed by atoms with E-state index in [1.165, 1.54) is 5.56 Å². The minimum absolute atomic E-state index is 0.0332. The lowest BCUT2D eigenvalue weighted by molar-refractivity contribution is -0.126. The summed E-state index contributed by atoms with van der Waals surface area (Å²) < 4.78 is 0. The number of fused-ring (bicyclic) bond motifs is 3. The number of aromatic amines is 1. The van der Waals surface area contributed by atoms with Gasteiger partial charge in [0.05, 0.1) is 11.6 Å². The fourth-order valence-corrected chi connectivity index (χ4v) is 7.16. The lowest BCUT2D eigenvalue weighted by atomic mass is 9.55. The maximum absolute atomic E-state index is 12.3. The zero-order valence-electron chi connectivity index (χ0n) is 15.5. The monoisotopic (exact) mass is 379 g/mol. The van der Waals surface area contributed by atoms with E-state index in [0.717, 1.165) is 29.8 Å². The van der Waals surface area contributed by atoms with Crippen LogP contribution in [0.4, 0.5) is 0 Å². The summed E-state index contributed by atoms with van der Waals surface area (Å²) in [5.41, 5.74) is 6.75. The van der Waals surface area contributed by atoms with Crippen molar-refractivity contribution in [2.24, 2.45) is 5.73 Å². The van der Waals surface area contributed by atoms with Gasteiger partial charge in [-0.1, -0.05) is 6.07 Å². The van der Waals surface area contributed by atoms with E-state index in [4.69, 9.17) is 5.73 Å². The molecule has 1 saturated heterocycles. The molecule has 2 bridgehead atoms. The first kappa shape index (κ1) is 16.3. The number of hydrogen-bond donors (Lipinski definition) is 4. The molecule has 5 N–H and O–H groups in total. The minimum Gasteiger partial charge on any atom is -0.508 e. The van der Waals surface area contributed by atoms with E-state index < -0.39 is 22.5 Å². The van der Waals surface area contributed by atoms with Crippen LogP contribution in [0.1, 0.15) is 39.2 Å². The number of carbonyl (C=O) groups excluding carboxylic acids is 1. The number of nitrogens with two attached hydrogens (primary N) is 1. The molecule has 1 saturated carbocycles. The van der Waals surface area contributed by atoms with Gasteiger partial charge >= 0.3 is 0 Å². The topological polar surface area (TPSA) is 120 Å². The van der Waals surface area contributed by atoms with Gasteiger partial charge in [0.1, 0.15) is 11.3 Å². The normalized spacial score (nSPS) is 36.9. The first-order chi connectivity index (χ1) is 13.2. The summed E-state index contributed by atoms with van der Waals surface area (Å²) in [5, 5.41) is 22.2. The van der Waals surface area contributed by atoms with Crippen LogP contribution < -0.4 is 11.3 Å². The molecule has 0 radical (unpaired) electrons. The van der Waals surface area contributed by atoms with E-state index >= 15 is 0 Å². The molecule has 144 valence electrons. The zero-order valence-corrected chi connectivity index (χ0v) is 15.5. The number of aromatic hydroxyl groups is 1. The smallest absolute Gasteiger partial charge is 0.261 e. The van der Waals surface area contributed by atoms with Crippen molar-refractivity contribution in [3.63, 3.8) is 0 Å². The number of primary amides is 1. The number of nitrogens with zero attached hydrogens (tertiary/aromatic N) is 1. The Hall–Kier alpha value is -2.64. The second-order valence-electron chi connectivity index (χ2n) is 9.12. The van der Waals surface area contributed by atoms with E-state index in [1.807, 2.05) is 13.1 Å². The predicted octanol–water partition coefficient (Wildman–Crippen LogP) is -0.0838. The van der Waals surface area contributed by atoms with Gasteiger partial charge in [-0.2, -0.15) is 0 Å². The van der Waals surface area contributed by atoms with Crippen LogP contribution in [-0.2, 0) is 23.7 Å². The van der Waals surface area contributed by atoms with Crippen LogP contribution in [-0.4, -0.2) is 51.2 Å². The van der Waals surface area contributed by atoms with Gasteiger partial charge in [0, 0.05) is 35.9 Å². The number of hydrogen-bond acceptors (Lipinski definition) is 5. The summed E-state index contributed by atoms with van der Waals surface area (Å²) in [7, 11) is 2.03. The van der Waals surface area contributed by atoms with Crippen molar-refractivity contribution in [1.29, 1.82) is 0 Å². The van der Waals surface area contributed by atoms with Gasteiger partial charge in [0.25, 0.3) is 11.5 Å². The van der Waals surface area contributed by atoms with Crippen LogP contribution in [0.15, 0.2) is 29.1 Å². The average Bonchev–Trinajstić information content (AvgIpc) is 2.97. The van der Waals surface area contributed by atoms with Gasteiger partial charge in [-0.05, 0) is 48.4 Å². The number of phenols is 1. The molecule has 7 heteroatoms. The number of benzene rings is 1. The van der Waals surface area contributed by atoms with Crippen molar-refractivity contribution in [2.45, 2.75) is 41.7 Å². The first-order valence-corrected chi connectivity index (χ1v) is 9.53. The number of likely N-dealkylation sites (tertiary alicyclic amines) is 1. The largest absolute Gasteiger partial charge is 0.508 e. The van der Waals surface area contributed by atoms with Gasteiger partial charge < -0.3 is 20.9 Å². The molecule has 1 amide bonds. The fraction of sp³-hybridized carbons (Fsp3) is 0.429.